The molecule has 12 nitrogen and oxygen atoms in total. The summed E-state index contributed by atoms with van der Waals surface area (Å²) in [6, 6.07) is 9.86. The van der Waals surface area contributed by atoms with Crippen LogP contribution in [0.25, 0.3) is 5.76 Å². The van der Waals surface area contributed by atoms with E-state index in [1.165, 1.54) is 4.90 Å². The fourth-order valence-electron chi connectivity index (χ4n) is 6.95. The van der Waals surface area contributed by atoms with Gasteiger partial charge in [-0.3, -0.25) is 20.2 Å². The predicted octanol–water partition coefficient (Wildman–Crippen LogP) is 0.475. The molecule has 0 spiro atoms. The van der Waals surface area contributed by atoms with Gasteiger partial charge >= 0.3 is 5.91 Å². The Kier molecular flexibility index (Phi) is 7.86. The van der Waals surface area contributed by atoms with Gasteiger partial charge < -0.3 is 30.6 Å². The Labute approximate surface area is 254 Å². The van der Waals surface area contributed by atoms with Crippen molar-refractivity contribution in [1.82, 2.24) is 10.2 Å². The second kappa shape index (κ2) is 11.2. The Balaban J connectivity index is 1.59. The van der Waals surface area contributed by atoms with Crippen LogP contribution >= 0.6 is 0 Å². The number of Topliss-reactive ketones (excluding diaryl/α,β-unsaturated/α-hetero) is 2. The van der Waals surface area contributed by atoms with E-state index >= 15 is 0 Å². The van der Waals surface area contributed by atoms with Gasteiger partial charge in [-0.2, -0.15) is 5.26 Å². The molecule has 2 aromatic carbocycles. The molecule has 1 amide bonds. The molecule has 0 heterocycles. The number of nitriles is 1. The van der Waals surface area contributed by atoms with Gasteiger partial charge in [-0.05, 0) is 62.2 Å². The van der Waals surface area contributed by atoms with Crippen LogP contribution in [0, 0.1) is 23.2 Å². The average Bonchev–Trinajstić information content (AvgIpc) is 2.96. The van der Waals surface area contributed by atoms with E-state index in [0.717, 1.165) is 5.56 Å². The Hall–Kier alpha value is -4.54. The van der Waals surface area contributed by atoms with Crippen molar-refractivity contribution in [1.29, 1.82) is 5.26 Å². The van der Waals surface area contributed by atoms with Crippen molar-refractivity contribution in [2.75, 3.05) is 33.1 Å². The average molecular weight is 603 g/mol. The van der Waals surface area contributed by atoms with Crippen LogP contribution in [0.1, 0.15) is 34.2 Å². The zero-order valence-corrected chi connectivity index (χ0v) is 25.0. The van der Waals surface area contributed by atoms with Gasteiger partial charge in [0.05, 0.1) is 23.2 Å². The molecule has 230 valence electrons. The molecule has 0 aromatic heterocycles. The van der Waals surface area contributed by atoms with Gasteiger partial charge in [0.15, 0.2) is 22.7 Å². The number of hydrogen-bond donors (Lipinski definition) is 6. The van der Waals surface area contributed by atoms with Crippen molar-refractivity contribution < 1.29 is 40.5 Å². The number of carbonyl (C=O) groups excluding carboxylic acids is 3. The molecule has 5 rings (SSSR count). The summed E-state index contributed by atoms with van der Waals surface area (Å²) in [5, 5.41) is 58.3. The van der Waals surface area contributed by atoms with Crippen LogP contribution in [0.15, 0.2) is 47.2 Å². The second-order valence-electron chi connectivity index (χ2n) is 12.1. The molecule has 3 aliphatic rings. The van der Waals surface area contributed by atoms with Gasteiger partial charge in [-0.1, -0.05) is 12.1 Å². The number of benzene rings is 2. The lowest BCUT2D eigenvalue weighted by Crippen LogP contribution is -2.68. The molecule has 0 radical (unpaired) electrons. The number of aliphatic hydroxyl groups excluding tert-OH is 2. The first-order valence-corrected chi connectivity index (χ1v) is 14.2. The Bertz CT molecular complexity index is 1690. The van der Waals surface area contributed by atoms with Crippen molar-refractivity contribution in [2.45, 2.75) is 37.6 Å². The number of amides is 1. The highest BCUT2D eigenvalue weighted by molar-refractivity contribution is 6.22. The highest BCUT2D eigenvalue weighted by Gasteiger charge is 2.64. The van der Waals surface area contributed by atoms with E-state index in [0.29, 0.717) is 28.9 Å². The van der Waals surface area contributed by atoms with Crippen molar-refractivity contribution in [3.8, 4) is 11.8 Å². The van der Waals surface area contributed by atoms with Crippen LogP contribution in [-0.2, 0) is 33.9 Å². The number of aliphatic hydroxyl groups is 3. The van der Waals surface area contributed by atoms with E-state index < -0.39 is 58.0 Å². The van der Waals surface area contributed by atoms with Gasteiger partial charge in [-0.15, -0.1) is 0 Å². The number of phenols is 1. The number of rotatable bonds is 7. The van der Waals surface area contributed by atoms with E-state index in [1.54, 1.807) is 26.2 Å². The predicted molar refractivity (Wildman–Crippen MR) is 159 cm³/mol. The number of hydrogen-bond acceptors (Lipinski definition) is 11. The normalized spacial score (nSPS) is 24.5. The maximum atomic E-state index is 14.1. The zero-order valence-electron chi connectivity index (χ0n) is 25.0. The minimum Gasteiger partial charge on any atom is -0.508 e. The minimum absolute atomic E-state index is 0.0415. The third-order valence-electron chi connectivity index (χ3n) is 9.02. The van der Waals surface area contributed by atoms with Crippen molar-refractivity contribution in [3.63, 3.8) is 0 Å². The summed E-state index contributed by atoms with van der Waals surface area (Å²) in [4.78, 5) is 43.1. The highest BCUT2D eigenvalue weighted by atomic mass is 16.3. The molecule has 2 aromatic rings. The lowest BCUT2D eigenvalue weighted by Gasteiger charge is -2.50. The quantitative estimate of drug-likeness (QED) is 0.241. The van der Waals surface area contributed by atoms with Crippen LogP contribution in [0.3, 0.4) is 0 Å². The Morgan fingerprint density at radius 1 is 1.11 bits per heavy atom. The largest absolute Gasteiger partial charge is 0.508 e. The van der Waals surface area contributed by atoms with Gasteiger partial charge in [-0.25, -0.2) is 4.79 Å². The van der Waals surface area contributed by atoms with Crippen LogP contribution < -0.4 is 16.0 Å². The molecule has 1 fully saturated rings. The molecule has 44 heavy (non-hydrogen) atoms. The summed E-state index contributed by atoms with van der Waals surface area (Å²) in [6.07, 6.45) is 0.257. The zero-order chi connectivity index (χ0) is 32.2. The van der Waals surface area contributed by atoms with E-state index in [2.05, 4.69) is 17.1 Å². The lowest BCUT2D eigenvalue weighted by atomic mass is 9.57. The van der Waals surface area contributed by atoms with Crippen molar-refractivity contribution in [2.24, 2.45) is 11.8 Å². The molecule has 1 saturated carbocycles. The summed E-state index contributed by atoms with van der Waals surface area (Å²) >= 11 is 0. The summed E-state index contributed by atoms with van der Waals surface area (Å²) in [5.74, 6) is -6.33. The number of quaternary nitrogens is 1. The molecule has 0 aliphatic heterocycles. The molecule has 3 aliphatic carbocycles. The third-order valence-corrected chi connectivity index (χ3v) is 9.02. The van der Waals surface area contributed by atoms with Crippen molar-refractivity contribution in [3.05, 3.63) is 75.1 Å². The number of phenolic OH excluding ortho intramolecular Hbond substituents is 1. The molecule has 8 N–H and O–H groups in total. The molecular weight excluding hydrogens is 566 g/mol. The minimum atomic E-state index is -2.65. The lowest BCUT2D eigenvalue weighted by molar-refractivity contribution is -0.299. The Morgan fingerprint density at radius 3 is 2.34 bits per heavy atom. The van der Waals surface area contributed by atoms with Gasteiger partial charge in [0.2, 0.25) is 5.78 Å². The Morgan fingerprint density at radius 2 is 1.77 bits per heavy atom. The third kappa shape index (κ3) is 4.65. The number of ketones is 2. The SMILES string of the molecule is CN(C)c1cc(CNCc2ccc(C#N)cc2)c(O)c2c1CC1CC3C(N(C)C)C(=O)C(C([NH3+])=O)=C(O)C3(O)C(=O)C1=C2O. The molecule has 0 saturated heterocycles. The molecule has 4 unspecified atom stereocenters. The molecule has 4 atom stereocenters. The molecule has 12 heteroatoms. The number of anilines is 1. The summed E-state index contributed by atoms with van der Waals surface area (Å²) < 4.78 is 0. The van der Waals surface area contributed by atoms with Crippen molar-refractivity contribution >= 4 is 28.9 Å². The van der Waals surface area contributed by atoms with Gasteiger partial charge in [0, 0.05) is 49.9 Å². The maximum Gasteiger partial charge on any atom is 0.348 e. The first kappa shape index (κ1) is 30.9. The van der Waals surface area contributed by atoms with E-state index in [9.17, 15) is 34.8 Å². The number of carbonyl (C=O) groups is 3. The number of nitrogens with zero attached hydrogens (tertiary/aromatic N) is 3. The number of aromatic hydroxyl groups is 1. The first-order chi connectivity index (χ1) is 20.7. The number of nitrogens with one attached hydrogen (secondary N) is 1. The van der Waals surface area contributed by atoms with Crippen LogP contribution in [0.4, 0.5) is 5.69 Å². The summed E-state index contributed by atoms with van der Waals surface area (Å²) in [7, 11) is 6.81. The molecule has 0 bridgehead atoms. The highest BCUT2D eigenvalue weighted by Crippen LogP contribution is 2.54. The van der Waals surface area contributed by atoms with Crippen LogP contribution in [0.5, 0.6) is 5.75 Å². The smallest absolute Gasteiger partial charge is 0.348 e. The standard InChI is InChI=1S/C32H35N5O7/c1-36(2)21-11-18(14-35-13-16-7-5-15(12-33)6-8-16)26(38)23-19(21)9-17-10-20-25(37(3)4)28(40)24(31(34)43)30(42)32(20,44)29(41)22(17)27(23)39/h5-8,11,17,20,25,35,38-39,42,44H,9-10,13-14H2,1-4H3,(H2,34,43)/p+1. The van der Waals surface area contributed by atoms with E-state index in [1.807, 2.05) is 37.2 Å². The van der Waals surface area contributed by atoms with Gasteiger partial charge in [0.1, 0.15) is 11.5 Å². The number of likely N-dealkylation sites (N-methyl/N-ethyl adjacent to an activating group) is 1. The fourth-order valence-corrected chi connectivity index (χ4v) is 6.95. The van der Waals surface area contributed by atoms with E-state index in [4.69, 9.17) is 5.26 Å². The first-order valence-electron chi connectivity index (χ1n) is 14.2. The molecular formula is C32H36N5O7+. The monoisotopic (exact) mass is 602 g/mol. The van der Waals surface area contributed by atoms with Crippen LogP contribution in [-0.4, -0.2) is 82.6 Å². The summed E-state index contributed by atoms with van der Waals surface area (Å²) in [5.41, 5.74) is 2.97. The topological polar surface area (TPSA) is 202 Å². The maximum absolute atomic E-state index is 14.1. The number of fused-ring (bicyclic) bond motifs is 3. The van der Waals surface area contributed by atoms with E-state index in [-0.39, 0.29) is 36.3 Å². The second-order valence-corrected chi connectivity index (χ2v) is 12.1. The summed E-state index contributed by atoms with van der Waals surface area (Å²) in [6.45, 7) is 0.642. The van der Waals surface area contributed by atoms with Gasteiger partial charge in [0.25, 0.3) is 0 Å². The van der Waals surface area contributed by atoms with Crippen LogP contribution in [0.2, 0.25) is 0 Å². The fraction of sp³-hybridized carbons (Fsp3) is 0.375.